The van der Waals surface area contributed by atoms with Crippen molar-refractivity contribution in [3.8, 4) is 17.2 Å². The summed E-state index contributed by atoms with van der Waals surface area (Å²) in [4.78, 5) is 32.3. The fraction of sp³-hybridized carbons (Fsp3) is 0.294. The van der Waals surface area contributed by atoms with Gasteiger partial charge in [-0.1, -0.05) is 24.3 Å². The Balaban J connectivity index is 1.52. The minimum Gasteiger partial charge on any atom is -0.507 e. The fourth-order valence-corrected chi connectivity index (χ4v) is 6.10. The van der Waals surface area contributed by atoms with E-state index in [0.717, 1.165) is 27.7 Å². The molecule has 1 atom stereocenters. The van der Waals surface area contributed by atoms with E-state index in [-0.39, 0.29) is 22.9 Å². The number of methoxy groups -OCH3 is 2. The molecule has 44 heavy (non-hydrogen) atoms. The molecule has 3 N–H and O–H groups in total. The summed E-state index contributed by atoms with van der Waals surface area (Å²) in [5.74, 6) is 0.641. The van der Waals surface area contributed by atoms with Crippen molar-refractivity contribution in [1.29, 1.82) is 0 Å². The second-order valence-electron chi connectivity index (χ2n) is 10.9. The summed E-state index contributed by atoms with van der Waals surface area (Å²) < 4.78 is 17.9. The van der Waals surface area contributed by atoms with E-state index in [9.17, 15) is 14.7 Å². The van der Waals surface area contributed by atoms with E-state index in [4.69, 9.17) is 14.2 Å². The van der Waals surface area contributed by atoms with Crippen LogP contribution in [0.25, 0.3) is 21.8 Å². The molecule has 1 aliphatic heterocycles. The van der Waals surface area contributed by atoms with Crippen LogP contribution in [0.15, 0.2) is 71.5 Å². The fourth-order valence-electron chi connectivity index (χ4n) is 6.10. The average Bonchev–Trinajstić information content (AvgIpc) is 3.42. The van der Waals surface area contributed by atoms with Crippen LogP contribution in [0.5, 0.6) is 17.2 Å². The monoisotopic (exact) mass is 596 g/mol. The average molecular weight is 597 g/mol. The molecule has 228 valence electrons. The minimum absolute atomic E-state index is 0.0627. The Kier molecular flexibility index (Phi) is 8.17. The van der Waals surface area contributed by atoms with Crippen molar-refractivity contribution >= 4 is 27.8 Å². The largest absolute Gasteiger partial charge is 0.507 e. The lowest BCUT2D eigenvalue weighted by Gasteiger charge is -2.27. The standard InChI is InChI=1S/C34H36N4O6/c1-37-28-7-5-4-6-25(28)32(39)30(33(37)40)29(21-8-10-22(42-2)11-9-21)31-24(26-20-23(43-3)12-13-27(26)36-31)14-15-35-34(41)38-16-18-44-19-17-38/h4-13,20,29,36,39H,14-19H2,1-3H3,(H,35,41). The lowest BCUT2D eigenvalue weighted by molar-refractivity contribution is 0.0533. The number of para-hydroxylation sites is 1. The highest BCUT2D eigenvalue weighted by Gasteiger charge is 2.30. The number of morpholine rings is 1. The molecule has 3 heterocycles. The Bertz CT molecular complexity index is 1870. The molecule has 0 saturated carbocycles. The summed E-state index contributed by atoms with van der Waals surface area (Å²) in [6.07, 6.45) is 0.472. The zero-order valence-electron chi connectivity index (χ0n) is 25.1. The summed E-state index contributed by atoms with van der Waals surface area (Å²) in [6, 6.07) is 20.5. The molecular weight excluding hydrogens is 560 g/mol. The van der Waals surface area contributed by atoms with Gasteiger partial charge in [-0.15, -0.1) is 0 Å². The van der Waals surface area contributed by atoms with Gasteiger partial charge in [-0.3, -0.25) is 4.79 Å². The summed E-state index contributed by atoms with van der Waals surface area (Å²) in [5, 5.41) is 16.3. The van der Waals surface area contributed by atoms with Gasteiger partial charge in [0.15, 0.2) is 0 Å². The van der Waals surface area contributed by atoms with Crippen molar-refractivity contribution in [3.63, 3.8) is 0 Å². The molecule has 10 nitrogen and oxygen atoms in total. The van der Waals surface area contributed by atoms with Gasteiger partial charge in [-0.2, -0.15) is 0 Å². The predicted octanol–water partition coefficient (Wildman–Crippen LogP) is 4.51. The van der Waals surface area contributed by atoms with Crippen LogP contribution >= 0.6 is 0 Å². The molecule has 1 fully saturated rings. The molecule has 0 spiro atoms. The topological polar surface area (TPSA) is 118 Å². The van der Waals surface area contributed by atoms with Gasteiger partial charge in [0.05, 0.1) is 44.4 Å². The Labute approximate surface area is 254 Å². The van der Waals surface area contributed by atoms with Crippen molar-refractivity contribution in [1.82, 2.24) is 19.8 Å². The summed E-state index contributed by atoms with van der Waals surface area (Å²) in [7, 11) is 4.94. The van der Waals surface area contributed by atoms with E-state index in [1.807, 2.05) is 66.7 Å². The molecule has 0 aliphatic carbocycles. The number of urea groups is 1. The molecule has 5 aromatic rings. The highest BCUT2D eigenvalue weighted by molar-refractivity contribution is 5.89. The van der Waals surface area contributed by atoms with E-state index in [1.54, 1.807) is 30.7 Å². The summed E-state index contributed by atoms with van der Waals surface area (Å²) in [6.45, 7) is 2.50. The first kappa shape index (κ1) is 29.1. The number of nitrogens with zero attached hydrogens (tertiary/aromatic N) is 2. The van der Waals surface area contributed by atoms with E-state index < -0.39 is 5.92 Å². The predicted molar refractivity (Wildman–Crippen MR) is 169 cm³/mol. The quantitative estimate of drug-likeness (QED) is 0.243. The lowest BCUT2D eigenvalue weighted by Crippen LogP contribution is -2.46. The highest BCUT2D eigenvalue weighted by atomic mass is 16.5. The number of fused-ring (bicyclic) bond motifs is 2. The Morgan fingerprint density at radius 2 is 1.70 bits per heavy atom. The zero-order chi connectivity index (χ0) is 30.8. The molecule has 3 aromatic carbocycles. The van der Waals surface area contributed by atoms with Crippen LogP contribution in [0.2, 0.25) is 0 Å². The first-order valence-corrected chi connectivity index (χ1v) is 14.6. The molecule has 0 radical (unpaired) electrons. The van der Waals surface area contributed by atoms with E-state index in [2.05, 4.69) is 10.3 Å². The number of ether oxygens (including phenoxy) is 3. The van der Waals surface area contributed by atoms with Gasteiger partial charge in [-0.05, 0) is 60.0 Å². The number of nitrogens with one attached hydrogen (secondary N) is 2. The third-order valence-corrected chi connectivity index (χ3v) is 8.43. The number of rotatable bonds is 8. The molecular formula is C34H36N4O6. The Morgan fingerprint density at radius 3 is 2.43 bits per heavy atom. The van der Waals surface area contributed by atoms with Crippen LogP contribution in [0.1, 0.15) is 28.3 Å². The van der Waals surface area contributed by atoms with Crippen LogP contribution < -0.4 is 20.3 Å². The van der Waals surface area contributed by atoms with Gasteiger partial charge < -0.3 is 39.1 Å². The number of pyridine rings is 1. The van der Waals surface area contributed by atoms with Crippen molar-refractivity contribution < 1.29 is 24.1 Å². The number of carbonyl (C=O) groups is 1. The van der Waals surface area contributed by atoms with Gasteiger partial charge in [0.25, 0.3) is 5.56 Å². The molecule has 2 amide bonds. The number of aromatic nitrogens is 2. The number of carbonyl (C=O) groups excluding carboxylic acids is 1. The van der Waals surface area contributed by atoms with Crippen LogP contribution in [-0.4, -0.2) is 72.7 Å². The maximum atomic E-state index is 14.1. The van der Waals surface area contributed by atoms with Gasteiger partial charge in [0, 0.05) is 48.7 Å². The number of H-pyrrole nitrogens is 1. The van der Waals surface area contributed by atoms with Crippen molar-refractivity contribution in [2.75, 3.05) is 47.1 Å². The third kappa shape index (κ3) is 5.33. The number of aromatic amines is 1. The van der Waals surface area contributed by atoms with Gasteiger partial charge in [0.1, 0.15) is 17.2 Å². The van der Waals surface area contributed by atoms with Crippen molar-refractivity contribution in [2.24, 2.45) is 7.05 Å². The SMILES string of the molecule is COc1ccc(C(c2[nH]c3ccc(OC)cc3c2CCNC(=O)N2CCOCC2)c2c(O)c3ccccc3n(C)c2=O)cc1. The van der Waals surface area contributed by atoms with Crippen LogP contribution in [-0.2, 0) is 18.2 Å². The molecule has 1 saturated heterocycles. The van der Waals surface area contributed by atoms with E-state index >= 15 is 0 Å². The molecule has 1 aliphatic rings. The summed E-state index contributed by atoms with van der Waals surface area (Å²) in [5.41, 5.74) is 3.91. The molecule has 0 bridgehead atoms. The molecule has 1 unspecified atom stereocenters. The maximum Gasteiger partial charge on any atom is 0.317 e. The first-order chi connectivity index (χ1) is 21.4. The van der Waals surface area contributed by atoms with Crippen molar-refractivity contribution in [3.05, 3.63) is 99.5 Å². The van der Waals surface area contributed by atoms with E-state index in [0.29, 0.717) is 61.7 Å². The normalized spacial score (nSPS) is 14.1. The van der Waals surface area contributed by atoms with Crippen molar-refractivity contribution in [2.45, 2.75) is 12.3 Å². The molecule has 6 rings (SSSR count). The minimum atomic E-state index is -0.660. The van der Waals surface area contributed by atoms with Crippen LogP contribution in [0.4, 0.5) is 4.79 Å². The Hall–Kier alpha value is -4.96. The van der Waals surface area contributed by atoms with Gasteiger partial charge in [-0.25, -0.2) is 4.79 Å². The van der Waals surface area contributed by atoms with Crippen LogP contribution in [0.3, 0.4) is 0 Å². The number of aromatic hydroxyl groups is 1. The van der Waals surface area contributed by atoms with Gasteiger partial charge >= 0.3 is 6.03 Å². The van der Waals surface area contributed by atoms with Gasteiger partial charge in [0.2, 0.25) is 0 Å². The smallest absolute Gasteiger partial charge is 0.317 e. The maximum absolute atomic E-state index is 14.1. The number of hydrogen-bond acceptors (Lipinski definition) is 6. The molecule has 10 heteroatoms. The first-order valence-electron chi connectivity index (χ1n) is 14.6. The highest BCUT2D eigenvalue weighted by Crippen LogP contribution is 2.41. The number of benzene rings is 3. The molecule has 2 aromatic heterocycles. The summed E-state index contributed by atoms with van der Waals surface area (Å²) >= 11 is 0. The second-order valence-corrected chi connectivity index (χ2v) is 10.9. The third-order valence-electron chi connectivity index (χ3n) is 8.43. The number of aryl methyl sites for hydroxylation is 1. The second kappa shape index (κ2) is 12.3. The number of hydrogen-bond donors (Lipinski definition) is 3. The zero-order valence-corrected chi connectivity index (χ0v) is 25.1. The van der Waals surface area contributed by atoms with E-state index in [1.165, 1.54) is 0 Å². The Morgan fingerprint density at radius 1 is 1.00 bits per heavy atom. The lowest BCUT2D eigenvalue weighted by atomic mass is 9.85. The number of amides is 2. The van der Waals surface area contributed by atoms with Crippen LogP contribution in [0, 0.1) is 0 Å².